The third kappa shape index (κ3) is 3.37. The molecule has 1 amide bonds. The number of nitrogens with one attached hydrogen (secondary N) is 1. The van der Waals surface area contributed by atoms with Gasteiger partial charge in [0.15, 0.2) is 17.1 Å². The quantitative estimate of drug-likeness (QED) is 0.564. The lowest BCUT2D eigenvalue weighted by molar-refractivity contribution is 0.102. The van der Waals surface area contributed by atoms with Gasteiger partial charge >= 0.3 is 0 Å². The monoisotopic (exact) mass is 375 g/mol. The number of ether oxygens (including phenoxy) is 2. The van der Waals surface area contributed by atoms with Crippen LogP contribution >= 0.6 is 0 Å². The Labute approximate surface area is 160 Å². The van der Waals surface area contributed by atoms with Crippen molar-refractivity contribution < 1.29 is 18.7 Å². The molecular formula is C21H17N3O4. The van der Waals surface area contributed by atoms with E-state index in [-0.39, 0.29) is 5.91 Å². The van der Waals surface area contributed by atoms with E-state index in [1.807, 2.05) is 12.1 Å². The number of oxazole rings is 1. The van der Waals surface area contributed by atoms with Crippen LogP contribution in [0.3, 0.4) is 0 Å². The second-order valence-electron chi connectivity index (χ2n) is 5.96. The number of benzene rings is 2. The number of rotatable bonds is 5. The zero-order valence-corrected chi connectivity index (χ0v) is 15.3. The molecule has 28 heavy (non-hydrogen) atoms. The molecule has 2 aromatic carbocycles. The second kappa shape index (κ2) is 7.40. The molecule has 2 aromatic heterocycles. The molecule has 0 aliphatic heterocycles. The smallest absolute Gasteiger partial charge is 0.255 e. The van der Waals surface area contributed by atoms with Gasteiger partial charge in [-0.05, 0) is 42.5 Å². The van der Waals surface area contributed by atoms with Gasteiger partial charge in [-0.25, -0.2) is 4.98 Å². The lowest BCUT2D eigenvalue weighted by atomic mass is 10.1. The number of aromatic nitrogens is 2. The molecule has 0 saturated heterocycles. The van der Waals surface area contributed by atoms with E-state index in [1.165, 1.54) is 7.11 Å². The fourth-order valence-corrected chi connectivity index (χ4v) is 2.78. The molecule has 0 radical (unpaired) electrons. The summed E-state index contributed by atoms with van der Waals surface area (Å²) in [5.74, 6) is 1.32. The van der Waals surface area contributed by atoms with Gasteiger partial charge in [-0.3, -0.25) is 9.78 Å². The van der Waals surface area contributed by atoms with Gasteiger partial charge in [-0.2, -0.15) is 0 Å². The number of amides is 1. The van der Waals surface area contributed by atoms with Crippen molar-refractivity contribution in [1.29, 1.82) is 0 Å². The molecule has 0 spiro atoms. The lowest BCUT2D eigenvalue weighted by Gasteiger charge is -2.10. The highest BCUT2D eigenvalue weighted by atomic mass is 16.5. The highest BCUT2D eigenvalue weighted by molar-refractivity contribution is 6.04. The Morgan fingerprint density at radius 1 is 1.00 bits per heavy atom. The van der Waals surface area contributed by atoms with Crippen molar-refractivity contribution in [2.45, 2.75) is 0 Å². The third-order valence-electron chi connectivity index (χ3n) is 4.23. The van der Waals surface area contributed by atoms with Crippen molar-refractivity contribution in [3.63, 3.8) is 0 Å². The van der Waals surface area contributed by atoms with Crippen LogP contribution in [0.4, 0.5) is 5.69 Å². The van der Waals surface area contributed by atoms with Gasteiger partial charge in [-0.1, -0.05) is 0 Å². The summed E-state index contributed by atoms with van der Waals surface area (Å²) in [7, 11) is 3.08. The fourth-order valence-electron chi connectivity index (χ4n) is 2.78. The average molecular weight is 375 g/mol. The summed E-state index contributed by atoms with van der Waals surface area (Å²) in [4.78, 5) is 21.0. The molecule has 2 heterocycles. The number of carbonyl (C=O) groups excluding carboxylic acids is 1. The first-order chi connectivity index (χ1) is 13.7. The van der Waals surface area contributed by atoms with E-state index in [2.05, 4.69) is 15.3 Å². The molecule has 0 aliphatic carbocycles. The second-order valence-corrected chi connectivity index (χ2v) is 5.96. The van der Waals surface area contributed by atoms with Crippen LogP contribution in [-0.2, 0) is 0 Å². The molecule has 1 N–H and O–H groups in total. The van der Waals surface area contributed by atoms with Crippen LogP contribution in [0.15, 0.2) is 65.3 Å². The summed E-state index contributed by atoms with van der Waals surface area (Å²) < 4.78 is 16.2. The van der Waals surface area contributed by atoms with Crippen LogP contribution in [0.25, 0.3) is 22.6 Å². The van der Waals surface area contributed by atoms with Crippen molar-refractivity contribution in [3.05, 3.63) is 66.5 Å². The number of nitrogens with zero attached hydrogens (tertiary/aromatic N) is 2. The molecule has 4 rings (SSSR count). The summed E-state index contributed by atoms with van der Waals surface area (Å²) >= 11 is 0. The molecule has 7 heteroatoms. The van der Waals surface area contributed by atoms with E-state index in [9.17, 15) is 4.79 Å². The molecule has 140 valence electrons. The number of anilines is 1. The maximum Gasteiger partial charge on any atom is 0.255 e. The highest BCUT2D eigenvalue weighted by Gasteiger charge is 2.12. The lowest BCUT2D eigenvalue weighted by Crippen LogP contribution is -2.12. The largest absolute Gasteiger partial charge is 0.493 e. The first-order valence-electron chi connectivity index (χ1n) is 8.52. The Kier molecular flexibility index (Phi) is 4.63. The number of hydrogen-bond acceptors (Lipinski definition) is 6. The molecular weight excluding hydrogens is 358 g/mol. The summed E-state index contributed by atoms with van der Waals surface area (Å²) in [6.45, 7) is 0. The van der Waals surface area contributed by atoms with E-state index < -0.39 is 0 Å². The van der Waals surface area contributed by atoms with Gasteiger partial charge in [0.25, 0.3) is 5.91 Å². The van der Waals surface area contributed by atoms with Crippen molar-refractivity contribution >= 4 is 22.7 Å². The summed E-state index contributed by atoms with van der Waals surface area (Å²) in [6.07, 6.45) is 3.31. The number of pyridine rings is 1. The zero-order valence-electron chi connectivity index (χ0n) is 15.3. The SMILES string of the molecule is COc1ccc(C(=O)Nc2ccc(-c3nc4cnccc4o3)cc2)cc1OC. The fraction of sp³-hybridized carbons (Fsp3) is 0.0952. The number of fused-ring (bicyclic) bond motifs is 1. The van der Waals surface area contributed by atoms with Crippen molar-refractivity contribution in [2.24, 2.45) is 0 Å². The van der Waals surface area contributed by atoms with Gasteiger partial charge in [-0.15, -0.1) is 0 Å². The van der Waals surface area contributed by atoms with Crippen molar-refractivity contribution in [1.82, 2.24) is 9.97 Å². The molecule has 0 unspecified atom stereocenters. The molecule has 0 aliphatic rings. The number of methoxy groups -OCH3 is 2. The summed E-state index contributed by atoms with van der Waals surface area (Å²) in [6, 6.07) is 14.0. The Hall–Kier alpha value is -3.87. The maximum absolute atomic E-state index is 12.5. The highest BCUT2D eigenvalue weighted by Crippen LogP contribution is 2.28. The molecule has 7 nitrogen and oxygen atoms in total. The van der Waals surface area contributed by atoms with E-state index in [4.69, 9.17) is 13.9 Å². The van der Waals surface area contributed by atoms with Crippen LogP contribution < -0.4 is 14.8 Å². The van der Waals surface area contributed by atoms with E-state index in [1.54, 1.807) is 55.9 Å². The minimum Gasteiger partial charge on any atom is -0.493 e. The van der Waals surface area contributed by atoms with Gasteiger partial charge in [0.05, 0.1) is 20.4 Å². The molecule has 0 fully saturated rings. The average Bonchev–Trinajstić information content (AvgIpc) is 3.18. The number of carbonyl (C=O) groups is 1. The normalized spacial score (nSPS) is 10.6. The van der Waals surface area contributed by atoms with Crippen LogP contribution in [0.5, 0.6) is 11.5 Å². The van der Waals surface area contributed by atoms with Gasteiger partial charge < -0.3 is 19.2 Å². The van der Waals surface area contributed by atoms with Crippen molar-refractivity contribution in [3.8, 4) is 23.0 Å². The van der Waals surface area contributed by atoms with E-state index in [0.29, 0.717) is 39.7 Å². The Bertz CT molecular complexity index is 1100. The minimum absolute atomic E-state index is 0.248. The van der Waals surface area contributed by atoms with Gasteiger partial charge in [0, 0.05) is 29.1 Å². The van der Waals surface area contributed by atoms with Crippen molar-refractivity contribution in [2.75, 3.05) is 19.5 Å². The van der Waals surface area contributed by atoms with Gasteiger partial charge in [0.1, 0.15) is 5.52 Å². The van der Waals surface area contributed by atoms with Crippen LogP contribution in [0, 0.1) is 0 Å². The van der Waals surface area contributed by atoms with Crippen LogP contribution in [-0.4, -0.2) is 30.1 Å². The van der Waals surface area contributed by atoms with Gasteiger partial charge in [0.2, 0.25) is 5.89 Å². The number of hydrogen-bond donors (Lipinski definition) is 1. The molecule has 0 bridgehead atoms. The predicted molar refractivity (Wildman–Crippen MR) is 105 cm³/mol. The summed E-state index contributed by atoms with van der Waals surface area (Å²) in [5, 5.41) is 2.86. The van der Waals surface area contributed by atoms with E-state index >= 15 is 0 Å². The molecule has 0 atom stereocenters. The summed E-state index contributed by atoms with van der Waals surface area (Å²) in [5.41, 5.74) is 3.30. The first kappa shape index (κ1) is 17.5. The first-order valence-corrected chi connectivity index (χ1v) is 8.52. The Morgan fingerprint density at radius 3 is 2.50 bits per heavy atom. The standard InChI is InChI=1S/C21H17N3O4/c1-26-18-8-5-14(11-19(18)27-2)20(25)23-15-6-3-13(4-7-15)21-24-16-12-22-10-9-17(16)28-21/h3-12H,1-2H3,(H,23,25). The predicted octanol–water partition coefficient (Wildman–Crippen LogP) is 4.16. The van der Waals surface area contributed by atoms with Crippen LogP contribution in [0.1, 0.15) is 10.4 Å². The zero-order chi connectivity index (χ0) is 19.5. The molecule has 4 aromatic rings. The molecule has 0 saturated carbocycles. The van der Waals surface area contributed by atoms with Crippen LogP contribution in [0.2, 0.25) is 0 Å². The maximum atomic E-state index is 12.5. The Balaban J connectivity index is 1.52. The topological polar surface area (TPSA) is 86.5 Å². The minimum atomic E-state index is -0.248. The third-order valence-corrected chi connectivity index (χ3v) is 4.23. The Morgan fingerprint density at radius 2 is 1.79 bits per heavy atom. The van der Waals surface area contributed by atoms with E-state index in [0.717, 1.165) is 5.56 Å².